The minimum Gasteiger partial charge on any atom is -0.388 e. The summed E-state index contributed by atoms with van der Waals surface area (Å²) in [5.74, 6) is 0.967. The highest BCUT2D eigenvalue weighted by Gasteiger charge is 2.81. The molecule has 5 nitrogen and oxygen atoms in total. The molecule has 8 atom stereocenters. The minimum absolute atomic E-state index is 0.0392. The summed E-state index contributed by atoms with van der Waals surface area (Å²) in [5, 5.41) is 20.7. The van der Waals surface area contributed by atoms with E-state index in [1.807, 2.05) is 6.92 Å². The number of hydrogen-bond acceptors (Lipinski definition) is 5. The number of aliphatic hydroxyl groups excluding tert-OH is 1. The van der Waals surface area contributed by atoms with E-state index in [2.05, 4.69) is 6.92 Å². The van der Waals surface area contributed by atoms with Crippen LogP contribution in [0.25, 0.3) is 0 Å². The number of aliphatic hydroxyl groups is 2. The van der Waals surface area contributed by atoms with Crippen molar-refractivity contribution in [1.82, 2.24) is 0 Å². The third-order valence-electron chi connectivity index (χ3n) is 9.61. The molecule has 1 saturated heterocycles. The van der Waals surface area contributed by atoms with Crippen molar-refractivity contribution >= 4 is 11.6 Å². The monoisotopic (exact) mass is 362 g/mol. The first-order valence-electron chi connectivity index (χ1n) is 10.3. The van der Waals surface area contributed by atoms with E-state index in [0.29, 0.717) is 43.3 Å². The number of ether oxygens (including phenoxy) is 1. The van der Waals surface area contributed by atoms with Crippen molar-refractivity contribution < 1.29 is 24.5 Å². The molecule has 5 fully saturated rings. The standard InChI is InChI=1S/C21H30O5/c1-18-7-5-13(23)9-12(18)3-4-15-14-6-8-20(25,16(24)11-22)19(14,2)10-17-21(15,18)26-17/h12,14-15,17,22,25H,3-11H2,1-2H3/t12?,14-,15-,17?,18-,19-,20-,21-/m0/s1. The molecule has 5 rings (SSSR count). The van der Waals surface area contributed by atoms with Crippen molar-refractivity contribution in [3.8, 4) is 0 Å². The first-order valence-corrected chi connectivity index (χ1v) is 10.3. The third-order valence-corrected chi connectivity index (χ3v) is 9.61. The Bertz CT molecular complexity index is 690. The second-order valence-corrected chi connectivity index (χ2v) is 10.1. The first-order chi connectivity index (χ1) is 12.2. The zero-order valence-corrected chi connectivity index (χ0v) is 15.8. The molecule has 4 aliphatic carbocycles. The highest BCUT2D eigenvalue weighted by molar-refractivity contribution is 5.89. The van der Waals surface area contributed by atoms with Gasteiger partial charge < -0.3 is 14.9 Å². The highest BCUT2D eigenvalue weighted by atomic mass is 16.6. The van der Waals surface area contributed by atoms with Crippen LogP contribution in [0.3, 0.4) is 0 Å². The smallest absolute Gasteiger partial charge is 0.190 e. The summed E-state index contributed by atoms with van der Waals surface area (Å²) in [6.07, 6.45) is 6.36. The molecule has 0 aromatic heterocycles. The van der Waals surface area contributed by atoms with Crippen LogP contribution in [0.1, 0.15) is 65.2 Å². The molecule has 26 heavy (non-hydrogen) atoms. The molecule has 0 bridgehead atoms. The topological polar surface area (TPSA) is 87.1 Å². The fraction of sp³-hybridized carbons (Fsp3) is 0.905. The van der Waals surface area contributed by atoms with Crippen LogP contribution in [0, 0.1) is 28.6 Å². The van der Waals surface area contributed by atoms with Crippen molar-refractivity contribution in [2.45, 2.75) is 82.5 Å². The number of carbonyl (C=O) groups is 2. The lowest BCUT2D eigenvalue weighted by atomic mass is 9.44. The Morgan fingerprint density at radius 3 is 2.65 bits per heavy atom. The molecule has 2 unspecified atom stereocenters. The quantitative estimate of drug-likeness (QED) is 0.734. The van der Waals surface area contributed by atoms with Gasteiger partial charge in [-0.15, -0.1) is 0 Å². The molecular weight excluding hydrogens is 332 g/mol. The Kier molecular flexibility index (Phi) is 3.32. The summed E-state index contributed by atoms with van der Waals surface area (Å²) in [4.78, 5) is 24.5. The van der Waals surface area contributed by atoms with Gasteiger partial charge in [-0.05, 0) is 56.3 Å². The lowest BCUT2D eigenvalue weighted by Gasteiger charge is -2.58. The largest absolute Gasteiger partial charge is 0.388 e. The number of rotatable bonds is 2. The normalized spacial score (nSPS) is 57.6. The Hall–Kier alpha value is -0.780. The third kappa shape index (κ3) is 1.70. The van der Waals surface area contributed by atoms with E-state index in [4.69, 9.17) is 4.74 Å². The Balaban J connectivity index is 1.53. The van der Waals surface area contributed by atoms with Crippen molar-refractivity contribution in [3.05, 3.63) is 0 Å². The van der Waals surface area contributed by atoms with Crippen molar-refractivity contribution in [1.29, 1.82) is 0 Å². The maximum atomic E-state index is 12.4. The molecule has 5 aliphatic rings. The average Bonchev–Trinajstić information content (AvgIpc) is 3.27. The van der Waals surface area contributed by atoms with Gasteiger partial charge in [-0.1, -0.05) is 13.8 Å². The molecule has 5 heteroatoms. The van der Waals surface area contributed by atoms with Gasteiger partial charge in [0.25, 0.3) is 0 Å². The van der Waals surface area contributed by atoms with Crippen LogP contribution < -0.4 is 0 Å². The SMILES string of the molecule is C[C@]12CCC(=O)CC1CC[C@H]1[C@@H]3CC[C@](O)(C(=O)CO)[C@@]3(C)CC3O[C@]312. The second-order valence-electron chi connectivity index (χ2n) is 10.1. The van der Waals surface area contributed by atoms with Gasteiger partial charge >= 0.3 is 0 Å². The van der Waals surface area contributed by atoms with Gasteiger partial charge in [0.2, 0.25) is 0 Å². The van der Waals surface area contributed by atoms with Gasteiger partial charge in [-0.2, -0.15) is 0 Å². The molecular formula is C21H30O5. The highest BCUT2D eigenvalue weighted by Crippen LogP contribution is 2.76. The molecule has 1 aliphatic heterocycles. The van der Waals surface area contributed by atoms with E-state index in [0.717, 1.165) is 25.7 Å². The number of hydrogen-bond donors (Lipinski definition) is 2. The molecule has 0 radical (unpaired) electrons. The number of carbonyl (C=O) groups excluding carboxylic acids is 2. The Morgan fingerprint density at radius 2 is 1.92 bits per heavy atom. The van der Waals surface area contributed by atoms with Gasteiger partial charge in [0, 0.05) is 23.7 Å². The molecule has 1 heterocycles. The lowest BCUT2D eigenvalue weighted by Crippen LogP contribution is -2.63. The number of fused-ring (bicyclic) bond motifs is 3. The van der Waals surface area contributed by atoms with E-state index in [9.17, 15) is 19.8 Å². The van der Waals surface area contributed by atoms with Gasteiger partial charge in [0.15, 0.2) is 5.78 Å². The van der Waals surface area contributed by atoms with Gasteiger partial charge in [0.1, 0.15) is 23.6 Å². The zero-order valence-electron chi connectivity index (χ0n) is 15.8. The van der Waals surface area contributed by atoms with Crippen LogP contribution >= 0.6 is 0 Å². The Morgan fingerprint density at radius 1 is 1.15 bits per heavy atom. The fourth-order valence-electron chi connectivity index (χ4n) is 8.10. The summed E-state index contributed by atoms with van der Waals surface area (Å²) in [7, 11) is 0. The molecule has 2 N–H and O–H groups in total. The number of epoxide rings is 1. The fourth-order valence-corrected chi connectivity index (χ4v) is 8.10. The molecule has 0 aromatic rings. The molecule has 4 saturated carbocycles. The van der Waals surface area contributed by atoms with Crippen LogP contribution in [0.2, 0.25) is 0 Å². The van der Waals surface area contributed by atoms with E-state index >= 15 is 0 Å². The van der Waals surface area contributed by atoms with E-state index in [-0.39, 0.29) is 23.0 Å². The van der Waals surface area contributed by atoms with E-state index < -0.39 is 23.4 Å². The summed E-state index contributed by atoms with van der Waals surface area (Å²) in [6.45, 7) is 3.78. The average molecular weight is 362 g/mol. The summed E-state index contributed by atoms with van der Waals surface area (Å²) >= 11 is 0. The molecule has 1 spiro atoms. The maximum Gasteiger partial charge on any atom is 0.190 e. The van der Waals surface area contributed by atoms with Crippen LogP contribution in [-0.2, 0) is 14.3 Å². The zero-order chi connectivity index (χ0) is 18.5. The molecule has 0 amide bonds. The number of ketones is 2. The van der Waals surface area contributed by atoms with Gasteiger partial charge in [0.05, 0.1) is 6.10 Å². The second kappa shape index (κ2) is 4.98. The summed E-state index contributed by atoms with van der Waals surface area (Å²) in [6, 6.07) is 0. The van der Waals surface area contributed by atoms with Crippen molar-refractivity contribution in [2.24, 2.45) is 28.6 Å². The van der Waals surface area contributed by atoms with Gasteiger partial charge in [-0.3, -0.25) is 9.59 Å². The van der Waals surface area contributed by atoms with Crippen LogP contribution in [-0.4, -0.2) is 45.7 Å². The first kappa shape index (κ1) is 17.3. The van der Waals surface area contributed by atoms with Crippen LogP contribution in [0.15, 0.2) is 0 Å². The van der Waals surface area contributed by atoms with Crippen LogP contribution in [0.4, 0.5) is 0 Å². The van der Waals surface area contributed by atoms with E-state index in [1.54, 1.807) is 0 Å². The number of Topliss-reactive ketones (excluding diaryl/α,β-unsaturated/α-hetero) is 2. The predicted molar refractivity (Wildman–Crippen MR) is 93.3 cm³/mol. The summed E-state index contributed by atoms with van der Waals surface area (Å²) in [5.41, 5.74) is -2.06. The predicted octanol–water partition coefficient (Wildman–Crippen LogP) is 2.02. The molecule has 0 aromatic carbocycles. The van der Waals surface area contributed by atoms with Crippen molar-refractivity contribution in [2.75, 3.05) is 6.61 Å². The Labute approximate surface area is 154 Å². The van der Waals surface area contributed by atoms with E-state index in [1.165, 1.54) is 0 Å². The summed E-state index contributed by atoms with van der Waals surface area (Å²) < 4.78 is 6.49. The molecule has 144 valence electrons. The van der Waals surface area contributed by atoms with Gasteiger partial charge in [-0.25, -0.2) is 0 Å². The maximum absolute atomic E-state index is 12.4. The van der Waals surface area contributed by atoms with Crippen molar-refractivity contribution in [3.63, 3.8) is 0 Å². The minimum atomic E-state index is -1.43. The van der Waals surface area contributed by atoms with Crippen LogP contribution in [0.5, 0.6) is 0 Å². The lowest BCUT2D eigenvalue weighted by molar-refractivity contribution is -0.165.